The molecule has 0 radical (unpaired) electrons. The minimum absolute atomic E-state index is 0.113. The van der Waals surface area contributed by atoms with E-state index in [-0.39, 0.29) is 5.91 Å². The van der Waals surface area contributed by atoms with Gasteiger partial charge in [0.05, 0.1) is 0 Å². The lowest BCUT2D eigenvalue weighted by Gasteiger charge is -2.20. The van der Waals surface area contributed by atoms with Crippen molar-refractivity contribution in [1.82, 2.24) is 14.9 Å². The molecule has 3 aromatic rings. The summed E-state index contributed by atoms with van der Waals surface area (Å²) in [6.45, 7) is 3.70. The molecule has 0 spiro atoms. The zero-order valence-corrected chi connectivity index (χ0v) is 15.9. The Morgan fingerprint density at radius 2 is 1.78 bits per heavy atom. The van der Waals surface area contributed by atoms with E-state index in [4.69, 9.17) is 11.6 Å². The van der Waals surface area contributed by atoms with Crippen LogP contribution >= 0.6 is 11.6 Å². The van der Waals surface area contributed by atoms with Gasteiger partial charge in [0.25, 0.3) is 5.91 Å². The highest BCUT2D eigenvalue weighted by atomic mass is 35.5. The number of carbonyl (C=O) groups excluding carboxylic acids is 1. The first-order chi connectivity index (χ1) is 13.2. The predicted octanol–water partition coefficient (Wildman–Crippen LogP) is 4.40. The average Bonchev–Trinajstić information content (AvgIpc) is 2.72. The number of benzene rings is 2. The second kappa shape index (κ2) is 9.14. The number of halogens is 1. The number of hydrogen-bond acceptors (Lipinski definition) is 4. The smallest absolute Gasteiger partial charge is 0.272 e. The van der Waals surface area contributed by atoms with Crippen molar-refractivity contribution in [2.45, 2.75) is 20.0 Å². The standard InChI is InChI=1S/C21H21ClN4O/c1-2-26(14-17-6-4-3-5-7-17)21(27)19-12-20(25-15-24-19)23-13-16-8-10-18(22)11-9-16/h3-12,15H,2,13-14H2,1H3,(H,23,24,25). The summed E-state index contributed by atoms with van der Waals surface area (Å²) in [5.41, 5.74) is 2.54. The van der Waals surface area contributed by atoms with Crippen LogP contribution in [0.15, 0.2) is 67.0 Å². The third-order valence-corrected chi connectivity index (χ3v) is 4.41. The molecule has 1 aromatic heterocycles. The molecule has 6 heteroatoms. The fraction of sp³-hybridized carbons (Fsp3) is 0.190. The Balaban J connectivity index is 1.67. The monoisotopic (exact) mass is 380 g/mol. The molecule has 0 saturated heterocycles. The summed E-state index contributed by atoms with van der Waals surface area (Å²) in [5.74, 6) is 0.498. The fourth-order valence-electron chi connectivity index (χ4n) is 2.66. The summed E-state index contributed by atoms with van der Waals surface area (Å²) in [4.78, 5) is 23.0. The minimum atomic E-state index is -0.113. The van der Waals surface area contributed by atoms with Crippen molar-refractivity contribution in [1.29, 1.82) is 0 Å². The minimum Gasteiger partial charge on any atom is -0.366 e. The molecule has 2 aromatic carbocycles. The van der Waals surface area contributed by atoms with Crippen molar-refractivity contribution in [2.24, 2.45) is 0 Å². The molecule has 0 fully saturated rings. The number of rotatable bonds is 7. The van der Waals surface area contributed by atoms with Crippen molar-refractivity contribution in [3.63, 3.8) is 0 Å². The Kier molecular flexibility index (Phi) is 6.39. The van der Waals surface area contributed by atoms with Gasteiger partial charge in [0.15, 0.2) is 0 Å². The van der Waals surface area contributed by atoms with E-state index in [1.54, 1.807) is 11.0 Å². The molecule has 0 aliphatic carbocycles. The van der Waals surface area contributed by atoms with E-state index in [1.165, 1.54) is 6.33 Å². The number of anilines is 1. The number of amides is 1. The molecule has 1 heterocycles. The number of nitrogens with one attached hydrogen (secondary N) is 1. The van der Waals surface area contributed by atoms with E-state index < -0.39 is 0 Å². The quantitative estimate of drug-likeness (QED) is 0.659. The molecule has 0 aliphatic rings. The molecule has 0 unspecified atom stereocenters. The van der Waals surface area contributed by atoms with Crippen LogP contribution in [0.1, 0.15) is 28.5 Å². The van der Waals surface area contributed by atoms with Crippen molar-refractivity contribution >= 4 is 23.3 Å². The summed E-state index contributed by atoms with van der Waals surface area (Å²) in [6, 6.07) is 19.2. The first kappa shape index (κ1) is 18.9. The van der Waals surface area contributed by atoms with Crippen LogP contribution in [0.5, 0.6) is 0 Å². The second-order valence-corrected chi connectivity index (χ2v) is 6.51. The van der Waals surface area contributed by atoms with Crippen molar-refractivity contribution in [3.8, 4) is 0 Å². The number of hydrogen-bond donors (Lipinski definition) is 1. The molecule has 1 N–H and O–H groups in total. The summed E-state index contributed by atoms with van der Waals surface area (Å²) < 4.78 is 0. The van der Waals surface area contributed by atoms with Gasteiger partial charge in [-0.2, -0.15) is 0 Å². The Morgan fingerprint density at radius 1 is 1.04 bits per heavy atom. The van der Waals surface area contributed by atoms with E-state index >= 15 is 0 Å². The van der Waals surface area contributed by atoms with Crippen LogP contribution in [0.3, 0.4) is 0 Å². The van der Waals surface area contributed by atoms with Gasteiger partial charge >= 0.3 is 0 Å². The molecule has 5 nitrogen and oxygen atoms in total. The SMILES string of the molecule is CCN(Cc1ccccc1)C(=O)c1cc(NCc2ccc(Cl)cc2)ncn1. The molecule has 0 saturated carbocycles. The van der Waals surface area contributed by atoms with E-state index in [0.717, 1.165) is 11.1 Å². The lowest BCUT2D eigenvalue weighted by atomic mass is 10.2. The Morgan fingerprint density at radius 3 is 2.48 bits per heavy atom. The van der Waals surface area contributed by atoms with Crippen LogP contribution in [0, 0.1) is 0 Å². The highest BCUT2D eigenvalue weighted by Gasteiger charge is 2.16. The second-order valence-electron chi connectivity index (χ2n) is 6.07. The molecule has 3 rings (SSSR count). The van der Waals surface area contributed by atoms with Crippen molar-refractivity contribution in [3.05, 3.63) is 88.8 Å². The Labute approximate surface area is 164 Å². The largest absolute Gasteiger partial charge is 0.366 e. The van der Waals surface area contributed by atoms with Gasteiger partial charge in [0, 0.05) is 30.7 Å². The highest BCUT2D eigenvalue weighted by molar-refractivity contribution is 6.30. The van der Waals surface area contributed by atoms with E-state index in [2.05, 4.69) is 15.3 Å². The number of nitrogens with zero attached hydrogens (tertiary/aromatic N) is 3. The van der Waals surface area contributed by atoms with E-state index in [9.17, 15) is 4.79 Å². The Hall–Kier alpha value is -2.92. The molecule has 0 aliphatic heterocycles. The lowest BCUT2D eigenvalue weighted by molar-refractivity contribution is 0.0746. The molecular weight excluding hydrogens is 360 g/mol. The molecule has 0 bridgehead atoms. The van der Waals surface area contributed by atoms with Crippen LogP contribution in [0.2, 0.25) is 5.02 Å². The first-order valence-electron chi connectivity index (χ1n) is 8.79. The van der Waals surface area contributed by atoms with Gasteiger partial charge in [0.1, 0.15) is 17.8 Å². The maximum Gasteiger partial charge on any atom is 0.272 e. The maximum atomic E-state index is 12.8. The number of carbonyl (C=O) groups is 1. The normalized spacial score (nSPS) is 10.4. The van der Waals surface area contributed by atoms with Gasteiger partial charge in [0.2, 0.25) is 0 Å². The first-order valence-corrected chi connectivity index (χ1v) is 9.17. The summed E-state index contributed by atoms with van der Waals surface area (Å²) in [5, 5.41) is 3.92. The van der Waals surface area contributed by atoms with E-state index in [1.807, 2.05) is 61.5 Å². The van der Waals surface area contributed by atoms with Gasteiger partial charge in [-0.1, -0.05) is 54.1 Å². The fourth-order valence-corrected chi connectivity index (χ4v) is 2.78. The highest BCUT2D eigenvalue weighted by Crippen LogP contribution is 2.13. The van der Waals surface area contributed by atoms with Gasteiger partial charge in [-0.15, -0.1) is 0 Å². The Bertz CT molecular complexity index is 884. The van der Waals surface area contributed by atoms with Crippen LogP contribution in [-0.2, 0) is 13.1 Å². The van der Waals surface area contributed by atoms with Crippen LogP contribution in [-0.4, -0.2) is 27.3 Å². The zero-order valence-electron chi connectivity index (χ0n) is 15.1. The molecule has 27 heavy (non-hydrogen) atoms. The van der Waals surface area contributed by atoms with Gasteiger partial charge < -0.3 is 10.2 Å². The number of aromatic nitrogens is 2. The zero-order chi connectivity index (χ0) is 19.1. The van der Waals surface area contributed by atoms with Crippen LogP contribution < -0.4 is 5.32 Å². The summed E-state index contributed by atoms with van der Waals surface area (Å²) >= 11 is 5.90. The van der Waals surface area contributed by atoms with Crippen molar-refractivity contribution in [2.75, 3.05) is 11.9 Å². The molecular formula is C21H21ClN4O. The molecule has 138 valence electrons. The molecule has 0 atom stereocenters. The van der Waals surface area contributed by atoms with Crippen LogP contribution in [0.4, 0.5) is 5.82 Å². The topological polar surface area (TPSA) is 58.1 Å². The van der Waals surface area contributed by atoms with Gasteiger partial charge in [-0.25, -0.2) is 9.97 Å². The maximum absolute atomic E-state index is 12.8. The molecule has 1 amide bonds. The third kappa shape index (κ3) is 5.28. The average molecular weight is 381 g/mol. The summed E-state index contributed by atoms with van der Waals surface area (Å²) in [7, 11) is 0. The third-order valence-electron chi connectivity index (χ3n) is 4.16. The van der Waals surface area contributed by atoms with E-state index in [0.29, 0.717) is 36.2 Å². The van der Waals surface area contributed by atoms with Gasteiger partial charge in [-0.05, 0) is 30.2 Å². The predicted molar refractivity (Wildman–Crippen MR) is 108 cm³/mol. The summed E-state index contributed by atoms with van der Waals surface area (Å²) in [6.07, 6.45) is 1.41. The van der Waals surface area contributed by atoms with Crippen LogP contribution in [0.25, 0.3) is 0 Å². The van der Waals surface area contributed by atoms with Crippen molar-refractivity contribution < 1.29 is 4.79 Å². The van der Waals surface area contributed by atoms with Gasteiger partial charge in [-0.3, -0.25) is 4.79 Å². The lowest BCUT2D eigenvalue weighted by Crippen LogP contribution is -2.31.